The summed E-state index contributed by atoms with van der Waals surface area (Å²) in [6.45, 7) is 7.66. The number of hydrogen-bond acceptors (Lipinski definition) is 5. The fourth-order valence-corrected chi connectivity index (χ4v) is 7.36. The predicted molar refractivity (Wildman–Crippen MR) is 270 cm³/mol. The van der Waals surface area contributed by atoms with Gasteiger partial charge in [0.2, 0.25) is 0 Å². The van der Waals surface area contributed by atoms with E-state index in [1.807, 2.05) is 6.08 Å². The van der Waals surface area contributed by atoms with Crippen LogP contribution < -0.4 is 0 Å². The third-order valence-corrected chi connectivity index (χ3v) is 11.3. The van der Waals surface area contributed by atoms with Crippen molar-refractivity contribution in [3.05, 3.63) is 72.9 Å². The molecule has 0 amide bonds. The van der Waals surface area contributed by atoms with Crippen molar-refractivity contribution in [1.82, 2.24) is 0 Å². The van der Waals surface area contributed by atoms with E-state index in [0.717, 1.165) is 64.2 Å². The Kier molecular flexibility index (Phi) is 50.4. The van der Waals surface area contributed by atoms with E-state index in [2.05, 4.69) is 87.6 Å². The maximum absolute atomic E-state index is 12.8. The zero-order valence-corrected chi connectivity index (χ0v) is 41.1. The largest absolute Gasteiger partial charge is 0.462 e. The molecule has 0 radical (unpaired) electrons. The van der Waals surface area contributed by atoms with E-state index in [4.69, 9.17) is 14.2 Å². The first-order chi connectivity index (χ1) is 30.6. The van der Waals surface area contributed by atoms with Crippen LogP contribution in [-0.4, -0.2) is 37.9 Å². The van der Waals surface area contributed by atoms with Gasteiger partial charge in [-0.1, -0.05) is 254 Å². The van der Waals surface area contributed by atoms with Crippen LogP contribution in [0.2, 0.25) is 0 Å². The standard InChI is InChI=1S/C57H100O5/c1-4-7-10-13-16-19-22-24-26-28-29-31-32-34-36-38-41-44-47-50-56(58)61-54-55(53-60-52-49-46-43-40-21-18-15-12-9-6-3)62-57(59)51-48-45-42-39-37-35-33-30-27-25-23-20-17-14-11-8-5-2/h7,10,16,19,24,26,29,31,34,36,41,44,55H,4-6,8-9,11-15,17-18,20-23,25,27-28,30,32-33,35,37-40,42-43,45-54H2,1-3H3/b10-7-,19-16-,26-24-,31-29-,36-34-,44-41-. The monoisotopic (exact) mass is 865 g/mol. The first-order valence-corrected chi connectivity index (χ1v) is 26.5. The number of carbonyl (C=O) groups is 2. The molecule has 0 bridgehead atoms. The van der Waals surface area contributed by atoms with Gasteiger partial charge in [0.1, 0.15) is 6.61 Å². The minimum atomic E-state index is -0.564. The van der Waals surface area contributed by atoms with Crippen LogP contribution in [0.15, 0.2) is 72.9 Å². The first-order valence-electron chi connectivity index (χ1n) is 26.5. The van der Waals surface area contributed by atoms with Gasteiger partial charge >= 0.3 is 11.9 Å². The second kappa shape index (κ2) is 52.7. The molecule has 0 aromatic heterocycles. The first kappa shape index (κ1) is 59.3. The van der Waals surface area contributed by atoms with Crippen LogP contribution in [0.4, 0.5) is 0 Å². The molecule has 0 aliphatic heterocycles. The zero-order chi connectivity index (χ0) is 44.9. The number of allylic oxidation sites excluding steroid dienone is 12. The third-order valence-electron chi connectivity index (χ3n) is 11.3. The summed E-state index contributed by atoms with van der Waals surface area (Å²) in [6, 6.07) is 0. The van der Waals surface area contributed by atoms with Gasteiger partial charge in [0.15, 0.2) is 6.10 Å². The van der Waals surface area contributed by atoms with Crippen molar-refractivity contribution in [3.8, 4) is 0 Å². The summed E-state index contributed by atoms with van der Waals surface area (Å²) < 4.78 is 17.3. The molecule has 0 aliphatic rings. The summed E-state index contributed by atoms with van der Waals surface area (Å²) in [5.74, 6) is -0.485. The Labute approximate surface area is 385 Å². The average molecular weight is 865 g/mol. The topological polar surface area (TPSA) is 61.8 Å². The number of carbonyl (C=O) groups excluding carboxylic acids is 2. The highest BCUT2D eigenvalue weighted by Crippen LogP contribution is 2.15. The molecule has 0 fully saturated rings. The number of unbranched alkanes of at least 4 members (excludes halogenated alkanes) is 25. The van der Waals surface area contributed by atoms with Gasteiger partial charge in [-0.15, -0.1) is 0 Å². The van der Waals surface area contributed by atoms with Crippen LogP contribution in [0, 0.1) is 0 Å². The quantitative estimate of drug-likeness (QED) is 0.0346. The van der Waals surface area contributed by atoms with Gasteiger partial charge in [0.25, 0.3) is 0 Å². The van der Waals surface area contributed by atoms with Crippen molar-refractivity contribution >= 4 is 11.9 Å². The predicted octanol–water partition coefficient (Wildman–Crippen LogP) is 17.9. The summed E-state index contributed by atoms with van der Waals surface area (Å²) in [4.78, 5) is 25.4. The van der Waals surface area contributed by atoms with Crippen LogP contribution in [-0.2, 0) is 23.8 Å². The fourth-order valence-electron chi connectivity index (χ4n) is 7.36. The number of esters is 2. The second-order valence-electron chi connectivity index (χ2n) is 17.4. The molecule has 0 N–H and O–H groups in total. The van der Waals surface area contributed by atoms with Gasteiger partial charge in [0, 0.05) is 19.4 Å². The van der Waals surface area contributed by atoms with Crippen molar-refractivity contribution in [1.29, 1.82) is 0 Å². The van der Waals surface area contributed by atoms with Gasteiger partial charge < -0.3 is 14.2 Å². The van der Waals surface area contributed by atoms with E-state index < -0.39 is 6.10 Å². The minimum absolute atomic E-state index is 0.0470. The second-order valence-corrected chi connectivity index (χ2v) is 17.4. The van der Waals surface area contributed by atoms with E-state index in [-0.39, 0.29) is 25.2 Å². The highest BCUT2D eigenvalue weighted by molar-refractivity contribution is 5.70. The molecule has 5 heteroatoms. The van der Waals surface area contributed by atoms with Gasteiger partial charge in [-0.2, -0.15) is 0 Å². The Hall–Kier alpha value is -2.66. The summed E-state index contributed by atoms with van der Waals surface area (Å²) in [5.41, 5.74) is 0. The van der Waals surface area contributed by atoms with Crippen molar-refractivity contribution in [2.45, 2.75) is 258 Å². The summed E-state index contributed by atoms with van der Waals surface area (Å²) in [5, 5.41) is 0. The van der Waals surface area contributed by atoms with E-state index >= 15 is 0 Å². The SMILES string of the molecule is CC/C=C\C/C=C\C/C=C\C/C=C\C/C=C\C/C=C\CCC(=O)OCC(COCCCCCCCCCCCC)OC(=O)CCCCCCCCCCCCCCCCCCC. The Morgan fingerprint density at radius 1 is 0.371 bits per heavy atom. The van der Waals surface area contributed by atoms with Crippen molar-refractivity contribution in [3.63, 3.8) is 0 Å². The van der Waals surface area contributed by atoms with Crippen molar-refractivity contribution in [2.24, 2.45) is 0 Å². The average Bonchev–Trinajstić information content (AvgIpc) is 3.27. The Morgan fingerprint density at radius 3 is 1.13 bits per heavy atom. The molecule has 358 valence electrons. The number of ether oxygens (including phenoxy) is 3. The zero-order valence-electron chi connectivity index (χ0n) is 41.1. The molecular weight excluding hydrogens is 765 g/mol. The number of rotatable bonds is 48. The molecule has 0 saturated heterocycles. The van der Waals surface area contributed by atoms with Crippen LogP contribution in [0.25, 0.3) is 0 Å². The third kappa shape index (κ3) is 50.0. The van der Waals surface area contributed by atoms with Gasteiger partial charge in [-0.25, -0.2) is 0 Å². The smallest absolute Gasteiger partial charge is 0.306 e. The summed E-state index contributed by atoms with van der Waals surface area (Å²) >= 11 is 0. The van der Waals surface area contributed by atoms with E-state index in [9.17, 15) is 9.59 Å². The molecule has 0 aromatic rings. The molecule has 0 aromatic carbocycles. The normalized spacial score (nSPS) is 12.8. The highest BCUT2D eigenvalue weighted by atomic mass is 16.6. The van der Waals surface area contributed by atoms with Gasteiger partial charge in [0.05, 0.1) is 6.61 Å². The van der Waals surface area contributed by atoms with Crippen molar-refractivity contribution < 1.29 is 23.8 Å². The van der Waals surface area contributed by atoms with Crippen LogP contribution >= 0.6 is 0 Å². The molecule has 1 unspecified atom stereocenters. The molecule has 5 nitrogen and oxygen atoms in total. The molecule has 62 heavy (non-hydrogen) atoms. The molecule has 0 spiro atoms. The van der Waals surface area contributed by atoms with Crippen molar-refractivity contribution in [2.75, 3.05) is 19.8 Å². The fraction of sp³-hybridized carbons (Fsp3) is 0.754. The Morgan fingerprint density at radius 2 is 0.726 bits per heavy atom. The Bertz CT molecular complexity index is 1110. The molecule has 0 saturated carbocycles. The lowest BCUT2D eigenvalue weighted by Gasteiger charge is -2.18. The lowest BCUT2D eigenvalue weighted by molar-refractivity contribution is -0.162. The van der Waals surface area contributed by atoms with E-state index in [1.165, 1.54) is 148 Å². The van der Waals surface area contributed by atoms with E-state index in [0.29, 0.717) is 25.9 Å². The number of hydrogen-bond donors (Lipinski definition) is 0. The molecule has 0 heterocycles. The minimum Gasteiger partial charge on any atom is -0.462 e. The maximum atomic E-state index is 12.8. The molecular formula is C57H100O5. The highest BCUT2D eigenvalue weighted by Gasteiger charge is 2.17. The van der Waals surface area contributed by atoms with Crippen LogP contribution in [0.1, 0.15) is 252 Å². The summed E-state index contributed by atoms with van der Waals surface area (Å²) in [7, 11) is 0. The van der Waals surface area contributed by atoms with E-state index in [1.54, 1.807) is 0 Å². The van der Waals surface area contributed by atoms with Crippen LogP contribution in [0.5, 0.6) is 0 Å². The molecule has 0 aliphatic carbocycles. The molecule has 1 atom stereocenters. The Balaban J connectivity index is 4.31. The maximum Gasteiger partial charge on any atom is 0.306 e. The van der Waals surface area contributed by atoms with Crippen LogP contribution in [0.3, 0.4) is 0 Å². The molecule has 0 rings (SSSR count). The van der Waals surface area contributed by atoms with Gasteiger partial charge in [-0.05, 0) is 57.8 Å². The van der Waals surface area contributed by atoms with Gasteiger partial charge in [-0.3, -0.25) is 9.59 Å². The summed E-state index contributed by atoms with van der Waals surface area (Å²) in [6.07, 6.45) is 67.8. The lowest BCUT2D eigenvalue weighted by Crippen LogP contribution is -2.30. The lowest BCUT2D eigenvalue weighted by atomic mass is 10.0.